The van der Waals surface area contributed by atoms with Crippen molar-refractivity contribution in [2.75, 3.05) is 0 Å². The van der Waals surface area contributed by atoms with Crippen LogP contribution in [0.5, 0.6) is 0 Å². The molecule has 0 bridgehead atoms. The molecule has 0 saturated carbocycles. The van der Waals surface area contributed by atoms with Gasteiger partial charge in [0.25, 0.3) is 0 Å². The molecule has 4 heteroatoms. The molecule has 0 aliphatic rings. The third kappa shape index (κ3) is 5.48. The molecule has 0 aromatic heterocycles. The number of carbonyl (C=O) groups excluding carboxylic acids is 2. The summed E-state index contributed by atoms with van der Waals surface area (Å²) < 4.78 is 11.8. The molecular formula is C23H44O4. The lowest BCUT2D eigenvalue weighted by Gasteiger charge is -2.50. The summed E-state index contributed by atoms with van der Waals surface area (Å²) in [6.45, 7) is 28.4. The molecule has 0 heterocycles. The van der Waals surface area contributed by atoms with E-state index in [2.05, 4.69) is 0 Å². The highest BCUT2D eigenvalue weighted by molar-refractivity contribution is 5.91. The molecule has 27 heavy (non-hydrogen) atoms. The maximum absolute atomic E-state index is 12.6. The van der Waals surface area contributed by atoms with Gasteiger partial charge in [-0.25, -0.2) is 0 Å². The molecule has 0 spiro atoms. The molecule has 0 radical (unpaired) electrons. The first kappa shape index (κ1) is 25.9. The van der Waals surface area contributed by atoms with Gasteiger partial charge in [-0.15, -0.1) is 0 Å². The smallest absolute Gasteiger partial charge is 0.317 e. The Morgan fingerprint density at radius 1 is 0.481 bits per heavy atom. The molecule has 0 fully saturated rings. The first-order chi connectivity index (χ1) is 11.5. The second-order valence-corrected chi connectivity index (χ2v) is 12.2. The third-order valence-corrected chi connectivity index (χ3v) is 6.65. The standard InChI is InChI=1S/C23H44O4/c1-18(2,3)22(13,19(4,5)6)26-16(24)15-17(25)27-23(14,20(7,8)9)21(10,11)12/h15H2,1-14H3. The largest absolute Gasteiger partial charge is 0.458 e. The van der Waals surface area contributed by atoms with Gasteiger partial charge in [0.15, 0.2) is 0 Å². The van der Waals surface area contributed by atoms with Crippen molar-refractivity contribution in [3.05, 3.63) is 0 Å². The van der Waals surface area contributed by atoms with E-state index in [4.69, 9.17) is 9.47 Å². The van der Waals surface area contributed by atoms with E-state index in [1.54, 1.807) is 0 Å². The van der Waals surface area contributed by atoms with Gasteiger partial charge in [-0.05, 0) is 13.8 Å². The minimum Gasteiger partial charge on any atom is -0.458 e. The van der Waals surface area contributed by atoms with Gasteiger partial charge in [0, 0.05) is 21.7 Å². The number of carbonyl (C=O) groups is 2. The Bertz CT molecular complexity index is 467. The van der Waals surface area contributed by atoms with Crippen LogP contribution in [0, 0.1) is 21.7 Å². The minimum atomic E-state index is -0.727. The van der Waals surface area contributed by atoms with Crippen LogP contribution in [0.25, 0.3) is 0 Å². The molecule has 0 amide bonds. The lowest BCUT2D eigenvalue weighted by Crippen LogP contribution is -2.55. The fraction of sp³-hybridized carbons (Fsp3) is 0.913. The minimum absolute atomic E-state index is 0.282. The van der Waals surface area contributed by atoms with E-state index in [0.717, 1.165) is 0 Å². The third-order valence-electron chi connectivity index (χ3n) is 6.65. The Kier molecular flexibility index (Phi) is 7.11. The maximum atomic E-state index is 12.6. The molecule has 0 N–H and O–H groups in total. The van der Waals surface area contributed by atoms with Crippen LogP contribution in [0.1, 0.15) is 103 Å². The van der Waals surface area contributed by atoms with Crippen LogP contribution in [0.3, 0.4) is 0 Å². The number of hydrogen-bond donors (Lipinski definition) is 0. The summed E-state index contributed by atoms with van der Waals surface area (Å²) in [5.41, 5.74) is -2.58. The summed E-state index contributed by atoms with van der Waals surface area (Å²) in [4.78, 5) is 25.2. The average Bonchev–Trinajstić information content (AvgIpc) is 2.32. The Morgan fingerprint density at radius 2 is 0.667 bits per heavy atom. The zero-order chi connectivity index (χ0) is 22.3. The molecule has 160 valence electrons. The fourth-order valence-corrected chi connectivity index (χ4v) is 3.51. The quantitative estimate of drug-likeness (QED) is 0.430. The maximum Gasteiger partial charge on any atom is 0.317 e. The Balaban J connectivity index is 5.46. The van der Waals surface area contributed by atoms with Crippen molar-refractivity contribution in [1.29, 1.82) is 0 Å². The van der Waals surface area contributed by atoms with Gasteiger partial charge in [-0.1, -0.05) is 83.1 Å². The summed E-state index contributed by atoms with van der Waals surface area (Å²) in [5, 5.41) is 0. The van der Waals surface area contributed by atoms with Crippen molar-refractivity contribution >= 4 is 11.9 Å². The lowest BCUT2D eigenvalue weighted by molar-refractivity contribution is -0.203. The Morgan fingerprint density at radius 3 is 0.815 bits per heavy atom. The second-order valence-electron chi connectivity index (χ2n) is 12.2. The van der Waals surface area contributed by atoms with Crippen molar-refractivity contribution in [3.8, 4) is 0 Å². The molecule has 0 atom stereocenters. The molecular weight excluding hydrogens is 340 g/mol. The predicted molar refractivity (Wildman–Crippen MR) is 111 cm³/mol. The SMILES string of the molecule is CC(C)(C)C(C)(OC(=O)CC(=O)OC(C)(C(C)(C)C)C(C)(C)C)C(C)(C)C. The van der Waals surface area contributed by atoms with E-state index in [0.29, 0.717) is 0 Å². The molecule has 0 aromatic rings. The first-order valence-corrected chi connectivity index (χ1v) is 9.93. The van der Waals surface area contributed by atoms with Crippen LogP contribution in [0.15, 0.2) is 0 Å². The van der Waals surface area contributed by atoms with E-state index in [-0.39, 0.29) is 28.1 Å². The Labute approximate surface area is 167 Å². The van der Waals surface area contributed by atoms with Gasteiger partial charge < -0.3 is 9.47 Å². The lowest BCUT2D eigenvalue weighted by atomic mass is 9.63. The normalized spacial score (nSPS) is 14.7. The fourth-order valence-electron chi connectivity index (χ4n) is 3.51. The molecule has 4 nitrogen and oxygen atoms in total. The van der Waals surface area contributed by atoms with Crippen LogP contribution in [0.2, 0.25) is 0 Å². The molecule has 0 saturated heterocycles. The van der Waals surface area contributed by atoms with Gasteiger partial charge >= 0.3 is 11.9 Å². The molecule has 0 aliphatic heterocycles. The Hall–Kier alpha value is -1.06. The topological polar surface area (TPSA) is 52.6 Å². The zero-order valence-electron chi connectivity index (χ0n) is 20.3. The van der Waals surface area contributed by atoms with Crippen molar-refractivity contribution < 1.29 is 19.1 Å². The van der Waals surface area contributed by atoms with Gasteiger partial charge in [0.2, 0.25) is 0 Å². The van der Waals surface area contributed by atoms with Crippen molar-refractivity contribution in [2.45, 2.75) is 115 Å². The summed E-state index contributed by atoms with van der Waals surface area (Å²) in [7, 11) is 0. The molecule has 0 aromatic carbocycles. The van der Waals surface area contributed by atoms with Gasteiger partial charge in [-0.2, -0.15) is 0 Å². The highest BCUT2D eigenvalue weighted by Gasteiger charge is 2.52. The molecule has 0 aliphatic carbocycles. The zero-order valence-corrected chi connectivity index (χ0v) is 20.3. The van der Waals surface area contributed by atoms with Crippen LogP contribution in [0.4, 0.5) is 0 Å². The highest BCUT2D eigenvalue weighted by Crippen LogP contribution is 2.48. The average molecular weight is 385 g/mol. The molecule has 0 rings (SSSR count). The van der Waals surface area contributed by atoms with Gasteiger partial charge in [0.05, 0.1) is 0 Å². The van der Waals surface area contributed by atoms with Gasteiger partial charge in [-0.3, -0.25) is 9.59 Å². The monoisotopic (exact) mass is 384 g/mol. The van der Waals surface area contributed by atoms with E-state index in [1.165, 1.54) is 0 Å². The van der Waals surface area contributed by atoms with Crippen molar-refractivity contribution in [3.63, 3.8) is 0 Å². The van der Waals surface area contributed by atoms with Crippen LogP contribution < -0.4 is 0 Å². The van der Waals surface area contributed by atoms with E-state index in [1.807, 2.05) is 96.9 Å². The number of rotatable bonds is 4. The van der Waals surface area contributed by atoms with E-state index < -0.39 is 23.1 Å². The summed E-state index contributed by atoms with van der Waals surface area (Å²) in [6.07, 6.45) is -0.385. The van der Waals surface area contributed by atoms with Crippen LogP contribution in [-0.2, 0) is 19.1 Å². The van der Waals surface area contributed by atoms with Crippen LogP contribution >= 0.6 is 0 Å². The summed E-state index contributed by atoms with van der Waals surface area (Å²) in [5.74, 6) is -1.09. The number of esters is 2. The highest BCUT2D eigenvalue weighted by atomic mass is 16.6. The van der Waals surface area contributed by atoms with E-state index >= 15 is 0 Å². The molecule has 0 unspecified atom stereocenters. The van der Waals surface area contributed by atoms with Crippen molar-refractivity contribution in [2.24, 2.45) is 21.7 Å². The summed E-state index contributed by atoms with van der Waals surface area (Å²) in [6, 6.07) is 0. The van der Waals surface area contributed by atoms with Crippen molar-refractivity contribution in [1.82, 2.24) is 0 Å². The predicted octanol–water partition coefficient (Wildman–Crippen LogP) is 6.16. The number of ether oxygens (including phenoxy) is 2. The number of hydrogen-bond acceptors (Lipinski definition) is 4. The van der Waals surface area contributed by atoms with Gasteiger partial charge in [0.1, 0.15) is 17.6 Å². The summed E-state index contributed by atoms with van der Waals surface area (Å²) >= 11 is 0. The van der Waals surface area contributed by atoms with Crippen LogP contribution in [-0.4, -0.2) is 23.1 Å². The second kappa shape index (κ2) is 7.40. The van der Waals surface area contributed by atoms with E-state index in [9.17, 15) is 9.59 Å². The first-order valence-electron chi connectivity index (χ1n) is 9.93.